The number of carboxylic acids is 1. The number of thiazole rings is 1. The van der Waals surface area contributed by atoms with E-state index in [1.54, 1.807) is 38.2 Å². The van der Waals surface area contributed by atoms with Crippen LogP contribution in [0.3, 0.4) is 0 Å². The number of methoxy groups -OCH3 is 1. The summed E-state index contributed by atoms with van der Waals surface area (Å²) in [5.74, 6) is -1.69. The number of fused-ring (bicyclic) bond motifs is 1. The number of carbonyl (C=O) groups excluding carboxylic acids is 1. The first-order valence-corrected chi connectivity index (χ1v) is 16.0. The lowest BCUT2D eigenvalue weighted by molar-refractivity contribution is -0.142. The van der Waals surface area contributed by atoms with E-state index in [1.165, 1.54) is 30.6 Å². The summed E-state index contributed by atoms with van der Waals surface area (Å²) in [4.78, 5) is 40.3. The Morgan fingerprint density at radius 1 is 1.17 bits per heavy atom. The number of aliphatic imine (C=N–C) groups is 1. The minimum absolute atomic E-state index is 0.0229. The molecule has 0 spiro atoms. The number of carbonyl (C=O) groups is 2. The molecule has 11 nitrogen and oxygen atoms in total. The molecular formula is C32H34ClFN6O5S. The summed E-state index contributed by atoms with van der Waals surface area (Å²) in [6, 6.07) is 10.7. The average molecular weight is 669 g/mol. The highest BCUT2D eigenvalue weighted by atomic mass is 35.5. The quantitative estimate of drug-likeness (QED) is 0.306. The van der Waals surface area contributed by atoms with Crippen LogP contribution in [0.15, 0.2) is 70.3 Å². The number of aromatic nitrogens is 1. The van der Waals surface area contributed by atoms with Crippen LogP contribution in [0.1, 0.15) is 36.0 Å². The Balaban J connectivity index is 1.26. The molecule has 4 heterocycles. The molecule has 3 aromatic rings. The van der Waals surface area contributed by atoms with Crippen molar-refractivity contribution in [3.63, 3.8) is 0 Å². The Morgan fingerprint density at radius 3 is 2.61 bits per heavy atom. The van der Waals surface area contributed by atoms with Gasteiger partial charge in [-0.3, -0.25) is 19.6 Å². The van der Waals surface area contributed by atoms with Crippen molar-refractivity contribution in [2.24, 2.45) is 4.99 Å². The number of amidine groups is 1. The van der Waals surface area contributed by atoms with E-state index in [1.807, 2.05) is 27.3 Å². The third-order valence-corrected chi connectivity index (χ3v) is 10.1. The number of hydrogen-bond donors (Lipinski definition) is 3. The molecule has 14 heteroatoms. The van der Waals surface area contributed by atoms with Gasteiger partial charge >= 0.3 is 11.9 Å². The number of rotatable bonds is 8. The van der Waals surface area contributed by atoms with E-state index in [4.69, 9.17) is 21.3 Å². The predicted molar refractivity (Wildman–Crippen MR) is 172 cm³/mol. The van der Waals surface area contributed by atoms with Gasteiger partial charge in [-0.1, -0.05) is 35.9 Å². The largest absolute Gasteiger partial charge is 0.481 e. The van der Waals surface area contributed by atoms with Gasteiger partial charge in [-0.05, 0) is 37.6 Å². The molecule has 0 bridgehead atoms. The molecule has 242 valence electrons. The molecule has 3 aliphatic heterocycles. The highest BCUT2D eigenvalue weighted by Crippen LogP contribution is 2.38. The summed E-state index contributed by atoms with van der Waals surface area (Å²) >= 11 is 7.79. The lowest BCUT2D eigenvalue weighted by Gasteiger charge is -2.39. The van der Waals surface area contributed by atoms with Crippen LogP contribution in [0.4, 0.5) is 10.1 Å². The highest BCUT2D eigenvalue weighted by molar-refractivity contribution is 7.11. The van der Waals surface area contributed by atoms with Crippen LogP contribution in [0.5, 0.6) is 0 Å². The van der Waals surface area contributed by atoms with E-state index in [-0.39, 0.29) is 16.6 Å². The van der Waals surface area contributed by atoms with Gasteiger partial charge in [0.15, 0.2) is 17.2 Å². The molecule has 0 saturated carbocycles. The van der Waals surface area contributed by atoms with Crippen molar-refractivity contribution < 1.29 is 28.9 Å². The van der Waals surface area contributed by atoms with Crippen molar-refractivity contribution in [3.8, 4) is 0 Å². The molecule has 1 unspecified atom stereocenters. The van der Waals surface area contributed by atoms with Crippen LogP contribution in [0.25, 0.3) is 0 Å². The van der Waals surface area contributed by atoms with Crippen molar-refractivity contribution in [1.82, 2.24) is 20.1 Å². The van der Waals surface area contributed by atoms with Crippen molar-refractivity contribution in [3.05, 3.63) is 92.3 Å². The second-order valence-electron chi connectivity index (χ2n) is 12.0. The third-order valence-electron chi connectivity index (χ3n) is 8.87. The molecule has 2 fully saturated rings. The summed E-state index contributed by atoms with van der Waals surface area (Å²) in [7, 11) is 1.29. The van der Waals surface area contributed by atoms with Gasteiger partial charge in [0.2, 0.25) is 0 Å². The smallest absolute Gasteiger partial charge is 0.338 e. The van der Waals surface area contributed by atoms with Crippen LogP contribution < -0.4 is 10.2 Å². The van der Waals surface area contributed by atoms with E-state index < -0.39 is 35.6 Å². The molecule has 3 atom stereocenters. The fraction of sp³-hybridized carbons (Fsp3) is 0.375. The zero-order valence-electron chi connectivity index (χ0n) is 25.5. The molecule has 6 rings (SSSR count). The first kappa shape index (κ1) is 32.1. The maximum absolute atomic E-state index is 14.6. The summed E-state index contributed by atoms with van der Waals surface area (Å²) in [6.45, 7) is 5.95. The van der Waals surface area contributed by atoms with Crippen LogP contribution in [0.2, 0.25) is 5.02 Å². The summed E-state index contributed by atoms with van der Waals surface area (Å²) in [5, 5.41) is 26.5. The number of nitrogens with zero attached hydrogens (tertiary/aromatic N) is 5. The zero-order chi connectivity index (χ0) is 32.7. The lowest BCUT2D eigenvalue weighted by atomic mass is 9.85. The van der Waals surface area contributed by atoms with Gasteiger partial charge in [0, 0.05) is 67.3 Å². The Hall–Kier alpha value is -3.88. The number of anilines is 1. The summed E-state index contributed by atoms with van der Waals surface area (Å²) in [5.41, 5.74) is 1.56. The second kappa shape index (κ2) is 12.7. The number of ether oxygens (including phenoxy) is 1. The van der Waals surface area contributed by atoms with Crippen molar-refractivity contribution in [2.45, 2.75) is 37.7 Å². The number of benzene rings is 2. The van der Waals surface area contributed by atoms with Crippen LogP contribution in [-0.4, -0.2) is 95.0 Å². The third kappa shape index (κ3) is 5.89. The lowest BCUT2D eigenvalue weighted by Crippen LogP contribution is -2.54. The molecule has 0 amide bonds. The number of carboxylic acid groups (broad SMARTS) is 1. The van der Waals surface area contributed by atoms with Crippen molar-refractivity contribution in [2.75, 3.05) is 44.7 Å². The molecule has 3 aliphatic rings. The van der Waals surface area contributed by atoms with Crippen molar-refractivity contribution >= 4 is 46.4 Å². The summed E-state index contributed by atoms with van der Waals surface area (Å²) < 4.78 is 19.8. The number of hydrogen-bond acceptors (Lipinski definition) is 11. The van der Waals surface area contributed by atoms with Gasteiger partial charge in [0.25, 0.3) is 0 Å². The van der Waals surface area contributed by atoms with E-state index in [2.05, 4.69) is 15.2 Å². The Bertz CT molecular complexity index is 1700. The van der Waals surface area contributed by atoms with E-state index in [0.29, 0.717) is 60.4 Å². The normalized spacial score (nSPS) is 22.3. The van der Waals surface area contributed by atoms with Gasteiger partial charge in [0.05, 0.1) is 23.1 Å². The minimum Gasteiger partial charge on any atom is -0.481 e. The maximum atomic E-state index is 14.6. The molecule has 46 heavy (non-hydrogen) atoms. The van der Waals surface area contributed by atoms with E-state index in [9.17, 15) is 24.2 Å². The molecule has 0 aliphatic carbocycles. The number of halogens is 2. The number of aliphatic carboxylic acids is 1. The molecular weight excluding hydrogens is 635 g/mol. The van der Waals surface area contributed by atoms with Crippen LogP contribution in [-0.2, 0) is 19.7 Å². The Morgan fingerprint density at radius 2 is 1.93 bits per heavy atom. The number of nitrogens with one attached hydrogen (secondary N) is 1. The fourth-order valence-electron chi connectivity index (χ4n) is 6.18. The zero-order valence-corrected chi connectivity index (χ0v) is 27.1. The molecule has 2 aromatic carbocycles. The Labute approximate surface area is 274 Å². The standard InChI is InChI=1S/C32H34ClFN6O5S/c1-32(2,30(42)43)18-7-9-19(10-8-18)40-16-20-15-38(12-13-39(20)31(40)44)17-23-24(29(41)45-3)26(21-5-4-6-22(34)25(21)33)37-27(36-23)28-35-11-14-46-28/h4-11,14,20,26,31,44H,12-13,15-17H2,1-3H3,(H,36,37)(H,42,43)/t20-,26-,31?/m0/s1. The summed E-state index contributed by atoms with van der Waals surface area (Å²) in [6.07, 6.45) is 0.816. The predicted octanol–water partition coefficient (Wildman–Crippen LogP) is 3.60. The molecule has 3 N–H and O–H groups in total. The highest BCUT2D eigenvalue weighted by Gasteiger charge is 2.43. The van der Waals surface area contributed by atoms with Crippen LogP contribution in [0, 0.1) is 5.82 Å². The monoisotopic (exact) mass is 668 g/mol. The van der Waals surface area contributed by atoms with Gasteiger partial charge < -0.3 is 25.2 Å². The van der Waals surface area contributed by atoms with E-state index >= 15 is 0 Å². The van der Waals surface area contributed by atoms with Gasteiger partial charge in [-0.15, -0.1) is 11.3 Å². The fourth-order valence-corrected chi connectivity index (χ4v) is 6.99. The number of aliphatic hydroxyl groups excluding tert-OH is 1. The van der Waals surface area contributed by atoms with Gasteiger partial charge in [0.1, 0.15) is 11.9 Å². The molecule has 1 aromatic heterocycles. The molecule has 0 radical (unpaired) electrons. The van der Waals surface area contributed by atoms with Crippen molar-refractivity contribution in [1.29, 1.82) is 0 Å². The van der Waals surface area contributed by atoms with E-state index in [0.717, 1.165) is 5.69 Å². The Kier molecular flexibility index (Phi) is 8.87. The van der Waals surface area contributed by atoms with Crippen LogP contribution >= 0.6 is 22.9 Å². The average Bonchev–Trinajstić information content (AvgIpc) is 3.70. The molecule has 2 saturated heterocycles. The second-order valence-corrected chi connectivity index (χ2v) is 13.2. The number of esters is 1. The minimum atomic E-state index is -1.03. The topological polar surface area (TPSA) is 131 Å². The first-order valence-electron chi connectivity index (χ1n) is 14.8. The number of piperazine rings is 1. The first-order chi connectivity index (χ1) is 22.0. The van der Waals surface area contributed by atoms with Gasteiger partial charge in [-0.25, -0.2) is 14.2 Å². The maximum Gasteiger partial charge on any atom is 0.338 e. The van der Waals surface area contributed by atoms with Gasteiger partial charge in [-0.2, -0.15) is 0 Å². The number of aliphatic hydroxyl groups is 1. The SMILES string of the molecule is COC(=O)C1=C(CN2CCN3C(O)N(c4ccc(C(C)(C)C(=O)O)cc4)C[C@@H]3C2)NC(c2nccs2)=N[C@H]1c1cccc(F)c1Cl.